The largest absolute Gasteiger partial charge is 0.375 e. The van der Waals surface area contributed by atoms with Gasteiger partial charge in [-0.1, -0.05) is 50.1 Å². The molecule has 0 radical (unpaired) electrons. The molecule has 1 aromatic rings. The van der Waals surface area contributed by atoms with Crippen LogP contribution in [0.5, 0.6) is 0 Å². The van der Waals surface area contributed by atoms with Gasteiger partial charge in [0.2, 0.25) is 0 Å². The van der Waals surface area contributed by atoms with E-state index >= 15 is 0 Å². The number of hydrogen-bond acceptors (Lipinski definition) is 2. The maximum absolute atomic E-state index is 5.93. The predicted octanol–water partition coefficient (Wildman–Crippen LogP) is 3.76. The maximum Gasteiger partial charge on any atom is 0.0717 e. The molecule has 0 aromatic heterocycles. The molecule has 106 valence electrons. The fraction of sp³-hybridized carbons (Fsp3) is 0.647. The van der Waals surface area contributed by atoms with Crippen LogP contribution in [0.15, 0.2) is 30.3 Å². The Bertz CT molecular complexity index is 332. The fourth-order valence-electron chi connectivity index (χ4n) is 2.93. The average Bonchev–Trinajstić information content (AvgIpc) is 2.98. The first-order chi connectivity index (χ1) is 9.40. The summed E-state index contributed by atoms with van der Waals surface area (Å²) in [5.41, 5.74) is 1.27. The Balaban J connectivity index is 1.75. The summed E-state index contributed by atoms with van der Waals surface area (Å²) in [6, 6.07) is 11.0. The molecule has 0 spiro atoms. The molecule has 1 aliphatic rings. The van der Waals surface area contributed by atoms with Crippen LogP contribution in [0.1, 0.15) is 44.6 Å². The highest BCUT2D eigenvalue weighted by Gasteiger charge is 2.24. The van der Waals surface area contributed by atoms with Gasteiger partial charge < -0.3 is 10.1 Å². The van der Waals surface area contributed by atoms with Gasteiger partial charge in [0.1, 0.15) is 0 Å². The van der Waals surface area contributed by atoms with Gasteiger partial charge in [0.25, 0.3) is 0 Å². The quantitative estimate of drug-likeness (QED) is 0.769. The number of ether oxygens (including phenoxy) is 1. The van der Waals surface area contributed by atoms with Crippen LogP contribution in [-0.2, 0) is 11.3 Å². The zero-order valence-corrected chi connectivity index (χ0v) is 12.1. The zero-order chi connectivity index (χ0) is 13.3. The third-order valence-corrected chi connectivity index (χ3v) is 4.03. The van der Waals surface area contributed by atoms with Crippen molar-refractivity contribution >= 4 is 0 Å². The summed E-state index contributed by atoms with van der Waals surface area (Å²) < 4.78 is 5.93. The van der Waals surface area contributed by atoms with Crippen LogP contribution < -0.4 is 5.32 Å². The third kappa shape index (κ3) is 4.96. The van der Waals surface area contributed by atoms with E-state index in [-0.39, 0.29) is 0 Å². The fourth-order valence-corrected chi connectivity index (χ4v) is 2.93. The van der Waals surface area contributed by atoms with E-state index in [1.165, 1.54) is 37.7 Å². The van der Waals surface area contributed by atoms with E-state index < -0.39 is 0 Å². The minimum atomic E-state index is 0.547. The molecule has 1 atom stereocenters. The van der Waals surface area contributed by atoms with Gasteiger partial charge in [0, 0.05) is 6.04 Å². The Labute approximate surface area is 117 Å². The first kappa shape index (κ1) is 14.5. The molecule has 1 fully saturated rings. The monoisotopic (exact) mass is 261 g/mol. The molecule has 1 N–H and O–H groups in total. The van der Waals surface area contributed by atoms with Crippen molar-refractivity contribution in [1.82, 2.24) is 5.32 Å². The summed E-state index contributed by atoms with van der Waals surface area (Å²) in [7, 11) is 0. The first-order valence-electron chi connectivity index (χ1n) is 7.75. The number of hydrogen-bond donors (Lipinski definition) is 1. The standard InChI is InChI=1S/C17H27NO/c1-2-12-18-17(16-10-6-7-11-16)14-19-13-15-8-4-3-5-9-15/h3-5,8-9,16-18H,2,6-7,10-14H2,1H3. The molecule has 0 aliphatic heterocycles. The minimum absolute atomic E-state index is 0.547. The highest BCUT2D eigenvalue weighted by atomic mass is 16.5. The van der Waals surface area contributed by atoms with E-state index in [9.17, 15) is 0 Å². The lowest BCUT2D eigenvalue weighted by atomic mass is 9.98. The summed E-state index contributed by atoms with van der Waals surface area (Å²) in [4.78, 5) is 0. The maximum atomic E-state index is 5.93. The molecule has 0 heterocycles. The van der Waals surface area contributed by atoms with Crippen molar-refractivity contribution in [2.75, 3.05) is 13.2 Å². The lowest BCUT2D eigenvalue weighted by Crippen LogP contribution is -2.39. The second-order valence-corrected chi connectivity index (χ2v) is 5.61. The van der Waals surface area contributed by atoms with Crippen LogP contribution in [0.4, 0.5) is 0 Å². The molecule has 2 rings (SSSR count). The van der Waals surface area contributed by atoms with Gasteiger partial charge in [-0.3, -0.25) is 0 Å². The van der Waals surface area contributed by atoms with Crippen LogP contribution >= 0.6 is 0 Å². The van der Waals surface area contributed by atoms with E-state index in [1.54, 1.807) is 0 Å². The van der Waals surface area contributed by atoms with Gasteiger partial charge in [-0.2, -0.15) is 0 Å². The summed E-state index contributed by atoms with van der Waals surface area (Å²) in [5, 5.41) is 3.67. The molecule has 0 bridgehead atoms. The first-order valence-corrected chi connectivity index (χ1v) is 7.75. The van der Waals surface area contributed by atoms with Gasteiger partial charge in [-0.25, -0.2) is 0 Å². The van der Waals surface area contributed by atoms with Crippen molar-refractivity contribution in [2.24, 2.45) is 5.92 Å². The topological polar surface area (TPSA) is 21.3 Å². The highest BCUT2D eigenvalue weighted by molar-refractivity contribution is 5.13. The Morgan fingerprint density at radius 3 is 2.63 bits per heavy atom. The lowest BCUT2D eigenvalue weighted by molar-refractivity contribution is 0.0821. The summed E-state index contributed by atoms with van der Waals surface area (Å²) >= 11 is 0. The lowest BCUT2D eigenvalue weighted by Gasteiger charge is -2.24. The van der Waals surface area contributed by atoms with E-state index in [0.717, 1.165) is 25.7 Å². The second kappa shape index (κ2) is 8.34. The summed E-state index contributed by atoms with van der Waals surface area (Å²) in [5.74, 6) is 0.822. The van der Waals surface area contributed by atoms with E-state index in [1.807, 2.05) is 6.07 Å². The molecular formula is C17H27NO. The second-order valence-electron chi connectivity index (χ2n) is 5.61. The number of nitrogens with one attached hydrogen (secondary N) is 1. The SMILES string of the molecule is CCCNC(COCc1ccccc1)C1CCCC1. The van der Waals surface area contributed by atoms with Crippen molar-refractivity contribution < 1.29 is 4.74 Å². The smallest absolute Gasteiger partial charge is 0.0717 e. The van der Waals surface area contributed by atoms with Gasteiger partial charge in [0.15, 0.2) is 0 Å². The van der Waals surface area contributed by atoms with Gasteiger partial charge in [-0.05, 0) is 37.3 Å². The van der Waals surface area contributed by atoms with Crippen LogP contribution in [-0.4, -0.2) is 19.2 Å². The minimum Gasteiger partial charge on any atom is -0.375 e. The van der Waals surface area contributed by atoms with Gasteiger partial charge in [0.05, 0.1) is 13.2 Å². The van der Waals surface area contributed by atoms with Crippen LogP contribution in [0, 0.1) is 5.92 Å². The predicted molar refractivity (Wildman–Crippen MR) is 80.1 cm³/mol. The molecule has 1 aromatic carbocycles. The van der Waals surface area contributed by atoms with E-state index in [0.29, 0.717) is 6.04 Å². The molecule has 0 saturated heterocycles. The van der Waals surface area contributed by atoms with Crippen LogP contribution in [0.3, 0.4) is 0 Å². The van der Waals surface area contributed by atoms with Crippen molar-refractivity contribution in [3.8, 4) is 0 Å². The molecule has 0 amide bonds. The van der Waals surface area contributed by atoms with Crippen molar-refractivity contribution in [2.45, 2.75) is 51.7 Å². The summed E-state index contributed by atoms with van der Waals surface area (Å²) in [6.07, 6.45) is 6.73. The zero-order valence-electron chi connectivity index (χ0n) is 12.1. The molecule has 19 heavy (non-hydrogen) atoms. The van der Waals surface area contributed by atoms with Crippen LogP contribution in [0.2, 0.25) is 0 Å². The van der Waals surface area contributed by atoms with Crippen molar-refractivity contribution in [3.63, 3.8) is 0 Å². The molecule has 2 nitrogen and oxygen atoms in total. The summed E-state index contributed by atoms with van der Waals surface area (Å²) in [6.45, 7) is 4.91. The number of benzene rings is 1. The Morgan fingerprint density at radius 2 is 1.95 bits per heavy atom. The third-order valence-electron chi connectivity index (χ3n) is 4.03. The average molecular weight is 261 g/mol. The van der Waals surface area contributed by atoms with E-state index in [4.69, 9.17) is 4.74 Å². The molecule has 1 saturated carbocycles. The normalized spacial score (nSPS) is 17.7. The van der Waals surface area contributed by atoms with E-state index in [2.05, 4.69) is 36.5 Å². The Hall–Kier alpha value is -0.860. The Morgan fingerprint density at radius 1 is 1.21 bits per heavy atom. The van der Waals surface area contributed by atoms with Crippen molar-refractivity contribution in [1.29, 1.82) is 0 Å². The molecule has 1 unspecified atom stereocenters. The molecule has 1 aliphatic carbocycles. The van der Waals surface area contributed by atoms with Gasteiger partial charge in [-0.15, -0.1) is 0 Å². The van der Waals surface area contributed by atoms with Gasteiger partial charge >= 0.3 is 0 Å². The van der Waals surface area contributed by atoms with Crippen molar-refractivity contribution in [3.05, 3.63) is 35.9 Å². The highest BCUT2D eigenvalue weighted by Crippen LogP contribution is 2.28. The molecule has 2 heteroatoms. The van der Waals surface area contributed by atoms with Crippen LogP contribution in [0.25, 0.3) is 0 Å². The Kier molecular flexibility index (Phi) is 6.38. The molecular weight excluding hydrogens is 234 g/mol. The number of rotatable bonds is 8.